The summed E-state index contributed by atoms with van der Waals surface area (Å²) < 4.78 is 31.7. The lowest BCUT2D eigenvalue weighted by atomic mass is 9.91. The van der Waals surface area contributed by atoms with Gasteiger partial charge in [0, 0.05) is 25.3 Å². The number of nitrogens with one attached hydrogen (secondary N) is 1. The number of imide groups is 1. The Morgan fingerprint density at radius 3 is 2.15 bits per heavy atom. The minimum absolute atomic E-state index is 0.142. The highest BCUT2D eigenvalue weighted by Crippen LogP contribution is 2.36. The predicted molar refractivity (Wildman–Crippen MR) is 115 cm³/mol. The summed E-state index contributed by atoms with van der Waals surface area (Å²) in [5, 5.41) is 21.1. The number of hydrogen-bond donors (Lipinski definition) is 3. The third-order valence-electron chi connectivity index (χ3n) is 6.52. The maximum Gasteiger partial charge on any atom is 0.527 e. The summed E-state index contributed by atoms with van der Waals surface area (Å²) in [6, 6.07) is -1.83. The van der Waals surface area contributed by atoms with Gasteiger partial charge in [-0.05, 0) is 54.4 Å². The van der Waals surface area contributed by atoms with E-state index in [1.54, 1.807) is 41.5 Å². The van der Waals surface area contributed by atoms with E-state index in [-0.39, 0.29) is 38.6 Å². The number of ether oxygens (including phenoxy) is 1. The highest BCUT2D eigenvalue weighted by atomic mass is 19.3. The van der Waals surface area contributed by atoms with E-state index in [9.17, 15) is 33.4 Å². The summed E-state index contributed by atoms with van der Waals surface area (Å²) >= 11 is 0. The fourth-order valence-corrected chi connectivity index (χ4v) is 4.38. The van der Waals surface area contributed by atoms with Gasteiger partial charge >= 0.3 is 12.2 Å². The SMILES string of the molecule is CC1C[C@H](N(NC2CCC(F)(F)CC2)C(=O)C(C)(C)CO)C[N+]1(C(=O)O)C(=O)OC(C)(C)C. The van der Waals surface area contributed by atoms with Crippen molar-refractivity contribution in [1.29, 1.82) is 0 Å². The van der Waals surface area contributed by atoms with Crippen LogP contribution in [0.2, 0.25) is 0 Å². The molecule has 33 heavy (non-hydrogen) atoms. The van der Waals surface area contributed by atoms with Crippen molar-refractivity contribution in [3.8, 4) is 0 Å². The first-order chi connectivity index (χ1) is 14.9. The largest absolute Gasteiger partial charge is 0.527 e. The number of hydrazine groups is 1. The van der Waals surface area contributed by atoms with Gasteiger partial charge in [0.25, 0.3) is 0 Å². The van der Waals surface area contributed by atoms with Gasteiger partial charge in [0.1, 0.15) is 24.2 Å². The van der Waals surface area contributed by atoms with Crippen molar-refractivity contribution in [3.63, 3.8) is 0 Å². The highest BCUT2D eigenvalue weighted by molar-refractivity contribution is 5.82. The molecule has 0 aromatic rings. The number of amides is 3. The van der Waals surface area contributed by atoms with Gasteiger partial charge in [-0.15, -0.1) is 4.48 Å². The average molecular weight is 479 g/mol. The summed E-state index contributed by atoms with van der Waals surface area (Å²) in [7, 11) is 0. The van der Waals surface area contributed by atoms with Gasteiger partial charge in [-0.3, -0.25) is 9.80 Å². The molecule has 0 radical (unpaired) electrons. The van der Waals surface area contributed by atoms with Crippen molar-refractivity contribution in [3.05, 3.63) is 0 Å². The molecular formula is C22H38F2N3O6+. The third-order valence-corrected chi connectivity index (χ3v) is 6.52. The van der Waals surface area contributed by atoms with Crippen molar-refractivity contribution in [2.75, 3.05) is 13.2 Å². The highest BCUT2D eigenvalue weighted by Gasteiger charge is 2.61. The molecule has 3 N–H and O–H groups in total. The topological polar surface area (TPSA) is 116 Å². The van der Waals surface area contributed by atoms with E-state index in [4.69, 9.17) is 4.74 Å². The molecule has 1 aliphatic carbocycles. The molecule has 0 aromatic heterocycles. The van der Waals surface area contributed by atoms with E-state index in [1.807, 2.05) is 0 Å². The molecule has 9 nitrogen and oxygen atoms in total. The first-order valence-corrected chi connectivity index (χ1v) is 11.4. The van der Waals surface area contributed by atoms with Crippen LogP contribution >= 0.6 is 0 Å². The van der Waals surface area contributed by atoms with Gasteiger partial charge in [0.2, 0.25) is 11.8 Å². The van der Waals surface area contributed by atoms with Crippen LogP contribution in [-0.4, -0.2) is 80.6 Å². The monoisotopic (exact) mass is 478 g/mol. The number of likely N-dealkylation sites (tertiary alicyclic amines) is 1. The number of alkyl halides is 2. The van der Waals surface area contributed by atoms with E-state index in [1.165, 1.54) is 5.01 Å². The van der Waals surface area contributed by atoms with E-state index < -0.39 is 64.2 Å². The van der Waals surface area contributed by atoms with Gasteiger partial charge in [0.15, 0.2) is 0 Å². The van der Waals surface area contributed by atoms with Crippen LogP contribution in [-0.2, 0) is 9.53 Å². The maximum absolute atomic E-state index is 13.6. The van der Waals surface area contributed by atoms with Crippen molar-refractivity contribution < 1.29 is 42.6 Å². The second-order valence-electron chi connectivity index (χ2n) is 11.0. The number of aliphatic hydroxyl groups excluding tert-OH is 1. The molecular weight excluding hydrogens is 440 g/mol. The minimum Gasteiger partial charge on any atom is -0.435 e. The molecule has 0 bridgehead atoms. The normalized spacial score (nSPS) is 28.4. The molecule has 0 spiro atoms. The van der Waals surface area contributed by atoms with E-state index in [0.29, 0.717) is 0 Å². The molecule has 3 amide bonds. The number of aliphatic hydroxyl groups is 1. The van der Waals surface area contributed by atoms with Crippen molar-refractivity contribution in [1.82, 2.24) is 10.4 Å². The summed E-state index contributed by atoms with van der Waals surface area (Å²) in [5.74, 6) is -3.24. The van der Waals surface area contributed by atoms with Crippen molar-refractivity contribution in [2.45, 2.75) is 103 Å². The minimum atomic E-state index is -2.74. The lowest BCUT2D eigenvalue weighted by Gasteiger charge is -2.39. The molecule has 2 unspecified atom stereocenters. The van der Waals surface area contributed by atoms with Gasteiger partial charge in [0.05, 0.1) is 12.0 Å². The number of carbonyl (C=O) groups is 3. The zero-order valence-electron chi connectivity index (χ0n) is 20.4. The first kappa shape index (κ1) is 27.4. The summed E-state index contributed by atoms with van der Waals surface area (Å²) in [6.07, 6.45) is -2.47. The van der Waals surface area contributed by atoms with E-state index in [0.717, 1.165) is 0 Å². The van der Waals surface area contributed by atoms with Crippen LogP contribution < -0.4 is 5.43 Å². The molecule has 1 aliphatic heterocycles. The quantitative estimate of drug-likeness (QED) is 0.409. The van der Waals surface area contributed by atoms with Crippen LogP contribution in [0.3, 0.4) is 0 Å². The Balaban J connectivity index is 2.35. The molecule has 1 saturated heterocycles. The average Bonchev–Trinajstić information content (AvgIpc) is 3.03. The Bertz CT molecular complexity index is 760. The van der Waals surface area contributed by atoms with Crippen LogP contribution in [0, 0.1) is 5.41 Å². The molecule has 11 heteroatoms. The van der Waals surface area contributed by atoms with Crippen LogP contribution in [0.25, 0.3) is 0 Å². The molecule has 1 saturated carbocycles. The van der Waals surface area contributed by atoms with Gasteiger partial charge in [-0.1, -0.05) is 0 Å². The molecule has 3 atom stereocenters. The molecule has 2 rings (SSSR count). The molecule has 1 heterocycles. The number of carbonyl (C=O) groups excluding carboxylic acids is 2. The number of rotatable bonds is 5. The van der Waals surface area contributed by atoms with Gasteiger partial charge < -0.3 is 14.9 Å². The molecule has 0 aromatic carbocycles. The van der Waals surface area contributed by atoms with Crippen molar-refractivity contribution in [2.24, 2.45) is 5.41 Å². The van der Waals surface area contributed by atoms with Crippen LogP contribution in [0.4, 0.5) is 18.4 Å². The Morgan fingerprint density at radius 2 is 1.70 bits per heavy atom. The Kier molecular flexibility index (Phi) is 7.82. The predicted octanol–water partition coefficient (Wildman–Crippen LogP) is 3.51. The number of hydrogen-bond acceptors (Lipinski definition) is 6. The fraction of sp³-hybridized carbons (Fsp3) is 0.864. The van der Waals surface area contributed by atoms with E-state index >= 15 is 0 Å². The number of nitrogens with zero attached hydrogens (tertiary/aromatic N) is 2. The number of quaternary nitrogens is 1. The van der Waals surface area contributed by atoms with Crippen LogP contribution in [0.15, 0.2) is 0 Å². The summed E-state index contributed by atoms with van der Waals surface area (Å²) in [5.41, 5.74) is 0.945. The second-order valence-corrected chi connectivity index (χ2v) is 11.0. The lowest BCUT2D eigenvalue weighted by molar-refractivity contribution is -0.797. The Labute approximate surface area is 193 Å². The van der Waals surface area contributed by atoms with Crippen LogP contribution in [0.5, 0.6) is 0 Å². The Morgan fingerprint density at radius 1 is 1.15 bits per heavy atom. The first-order valence-electron chi connectivity index (χ1n) is 11.4. The third kappa shape index (κ3) is 5.99. The van der Waals surface area contributed by atoms with E-state index in [2.05, 4.69) is 5.43 Å². The molecule has 2 fully saturated rings. The molecule has 2 aliphatic rings. The molecule has 190 valence electrons. The number of carboxylic acid groups (broad SMARTS) is 1. The summed E-state index contributed by atoms with van der Waals surface area (Å²) in [4.78, 5) is 38.7. The number of halogens is 2. The summed E-state index contributed by atoms with van der Waals surface area (Å²) in [6.45, 7) is 8.92. The second kappa shape index (κ2) is 9.42. The van der Waals surface area contributed by atoms with Gasteiger partial charge in [-0.25, -0.2) is 14.2 Å². The smallest absolute Gasteiger partial charge is 0.435 e. The fourth-order valence-electron chi connectivity index (χ4n) is 4.38. The zero-order valence-corrected chi connectivity index (χ0v) is 20.4. The standard InChI is InChI=1S/C22H37F2N3O6/c1-14-11-16(12-27(14,18(30)31)19(32)33-20(2,3)4)26(17(29)21(5,6)13-28)25-15-7-9-22(23,24)10-8-15/h14-16,25,28H,7-13H2,1-6H3/p+1/t14?,16-,27?/m0/s1. The lowest BCUT2D eigenvalue weighted by Crippen LogP contribution is -2.63. The van der Waals surface area contributed by atoms with Gasteiger partial charge in [-0.2, -0.15) is 9.59 Å². The van der Waals surface area contributed by atoms with Crippen LogP contribution in [0.1, 0.15) is 73.6 Å². The maximum atomic E-state index is 13.6. The van der Waals surface area contributed by atoms with Crippen molar-refractivity contribution >= 4 is 18.1 Å². The zero-order chi connectivity index (χ0) is 25.4. The Hall–Kier alpha value is -1.85.